The Morgan fingerprint density at radius 2 is 2.10 bits per heavy atom. The molecule has 20 heavy (non-hydrogen) atoms. The third kappa shape index (κ3) is 3.73. The van der Waals surface area contributed by atoms with Crippen molar-refractivity contribution >= 4 is 21.9 Å². The van der Waals surface area contributed by atoms with Crippen molar-refractivity contribution < 1.29 is 4.74 Å². The van der Waals surface area contributed by atoms with Gasteiger partial charge in [-0.1, -0.05) is 34.1 Å². The van der Waals surface area contributed by atoms with Gasteiger partial charge in [-0.05, 0) is 24.5 Å². The Balaban J connectivity index is 1.91. The molecule has 0 aliphatic heterocycles. The largest absolute Gasteiger partial charge is 0.383 e. The van der Waals surface area contributed by atoms with Crippen LogP contribution in [0.5, 0.6) is 0 Å². The van der Waals surface area contributed by atoms with E-state index in [1.54, 1.807) is 14.2 Å². The average molecular weight is 340 g/mol. The summed E-state index contributed by atoms with van der Waals surface area (Å²) in [6.07, 6.45) is 2.44. The average Bonchev–Trinajstić information content (AvgIpc) is 3.24. The van der Waals surface area contributed by atoms with E-state index < -0.39 is 0 Å². The van der Waals surface area contributed by atoms with E-state index in [2.05, 4.69) is 55.8 Å². The quantitative estimate of drug-likeness (QED) is 0.475. The zero-order valence-corrected chi connectivity index (χ0v) is 13.7. The zero-order valence-electron chi connectivity index (χ0n) is 12.1. The van der Waals surface area contributed by atoms with Gasteiger partial charge in [0.05, 0.1) is 6.61 Å². The Kier molecular flexibility index (Phi) is 5.43. The number of nitrogens with one attached hydrogen (secondary N) is 2. The van der Waals surface area contributed by atoms with Crippen molar-refractivity contribution in [3.8, 4) is 0 Å². The van der Waals surface area contributed by atoms with Gasteiger partial charge in [0, 0.05) is 37.1 Å². The molecule has 0 unspecified atom stereocenters. The molecule has 1 aromatic carbocycles. The van der Waals surface area contributed by atoms with Crippen molar-refractivity contribution in [1.29, 1.82) is 0 Å². The summed E-state index contributed by atoms with van der Waals surface area (Å²) < 4.78 is 6.22. The van der Waals surface area contributed by atoms with Gasteiger partial charge in [0.1, 0.15) is 0 Å². The highest BCUT2D eigenvalue weighted by molar-refractivity contribution is 9.10. The van der Waals surface area contributed by atoms with E-state index in [1.165, 1.54) is 22.9 Å². The van der Waals surface area contributed by atoms with Crippen molar-refractivity contribution in [2.45, 2.75) is 18.3 Å². The summed E-state index contributed by atoms with van der Waals surface area (Å²) in [5.41, 5.74) is 1.64. The Labute approximate surface area is 129 Å². The van der Waals surface area contributed by atoms with Gasteiger partial charge in [0.2, 0.25) is 0 Å². The van der Waals surface area contributed by atoms with Gasteiger partial charge in [-0.2, -0.15) is 0 Å². The molecule has 0 spiro atoms. The maximum absolute atomic E-state index is 5.03. The Morgan fingerprint density at radius 3 is 2.70 bits per heavy atom. The van der Waals surface area contributed by atoms with Crippen molar-refractivity contribution in [3.05, 3.63) is 34.3 Å². The third-order valence-corrected chi connectivity index (χ3v) is 4.41. The molecular weight excluding hydrogens is 318 g/mol. The fourth-order valence-corrected chi connectivity index (χ4v) is 3.03. The number of rotatable bonds is 6. The third-order valence-electron chi connectivity index (χ3n) is 3.72. The molecule has 0 bridgehead atoms. The monoisotopic (exact) mass is 339 g/mol. The van der Waals surface area contributed by atoms with Crippen LogP contribution in [0.2, 0.25) is 0 Å². The van der Waals surface area contributed by atoms with Crippen LogP contribution >= 0.6 is 15.9 Å². The highest BCUT2D eigenvalue weighted by Gasteiger charge is 2.45. The summed E-state index contributed by atoms with van der Waals surface area (Å²) in [7, 11) is 3.49. The molecule has 4 nitrogen and oxygen atoms in total. The predicted molar refractivity (Wildman–Crippen MR) is 86.3 cm³/mol. The summed E-state index contributed by atoms with van der Waals surface area (Å²) >= 11 is 3.66. The number of guanidine groups is 1. The zero-order chi connectivity index (χ0) is 14.4. The summed E-state index contributed by atoms with van der Waals surface area (Å²) in [4.78, 5) is 4.23. The standard InChI is InChI=1S/C15H22BrN3O/c1-17-14(18-9-10-20-2)19-11-15(7-8-15)12-5-3-4-6-13(12)16/h3-6H,7-11H2,1-2H3,(H2,17,18,19). The second-order valence-corrected chi connectivity index (χ2v) is 5.96. The van der Waals surface area contributed by atoms with Gasteiger partial charge in [0.25, 0.3) is 0 Å². The summed E-state index contributed by atoms with van der Waals surface area (Å²) in [5.74, 6) is 0.834. The van der Waals surface area contributed by atoms with E-state index in [-0.39, 0.29) is 5.41 Å². The molecule has 1 aliphatic rings. The lowest BCUT2D eigenvalue weighted by Gasteiger charge is -2.20. The molecule has 1 saturated carbocycles. The molecular formula is C15H22BrN3O. The van der Waals surface area contributed by atoms with Gasteiger partial charge in [-0.25, -0.2) is 0 Å². The molecule has 1 aromatic rings. The number of benzene rings is 1. The van der Waals surface area contributed by atoms with Gasteiger partial charge in [0.15, 0.2) is 5.96 Å². The number of methoxy groups -OCH3 is 1. The van der Waals surface area contributed by atoms with E-state index in [0.717, 1.165) is 19.0 Å². The van der Waals surface area contributed by atoms with Crippen molar-refractivity contribution in [1.82, 2.24) is 10.6 Å². The second kappa shape index (κ2) is 7.09. The van der Waals surface area contributed by atoms with E-state index in [9.17, 15) is 0 Å². The van der Waals surface area contributed by atoms with Gasteiger partial charge < -0.3 is 15.4 Å². The summed E-state index contributed by atoms with van der Waals surface area (Å²) in [6.45, 7) is 2.34. The lowest BCUT2D eigenvalue weighted by molar-refractivity contribution is 0.203. The summed E-state index contributed by atoms with van der Waals surface area (Å²) in [6, 6.07) is 8.48. The number of aliphatic imine (C=N–C) groups is 1. The van der Waals surface area contributed by atoms with E-state index >= 15 is 0 Å². The van der Waals surface area contributed by atoms with Crippen LogP contribution in [0.15, 0.2) is 33.7 Å². The number of hydrogen-bond acceptors (Lipinski definition) is 2. The molecule has 1 aliphatic carbocycles. The first-order valence-corrected chi connectivity index (χ1v) is 7.69. The number of ether oxygens (including phenoxy) is 1. The minimum Gasteiger partial charge on any atom is -0.383 e. The fraction of sp³-hybridized carbons (Fsp3) is 0.533. The van der Waals surface area contributed by atoms with Crippen molar-refractivity contribution in [2.24, 2.45) is 4.99 Å². The Hall–Kier alpha value is -1.07. The first-order valence-electron chi connectivity index (χ1n) is 6.90. The molecule has 1 fully saturated rings. The molecule has 0 heterocycles. The highest BCUT2D eigenvalue weighted by atomic mass is 79.9. The molecule has 0 aromatic heterocycles. The second-order valence-electron chi connectivity index (χ2n) is 5.11. The molecule has 0 saturated heterocycles. The van der Waals surface area contributed by atoms with Crippen LogP contribution in [0, 0.1) is 0 Å². The topological polar surface area (TPSA) is 45.7 Å². The SMILES string of the molecule is CN=C(NCCOC)NCC1(c2ccccc2Br)CC1. The van der Waals surface area contributed by atoms with Crippen molar-refractivity contribution in [2.75, 3.05) is 33.9 Å². The molecule has 2 rings (SSSR count). The van der Waals surface area contributed by atoms with Gasteiger partial charge >= 0.3 is 0 Å². The van der Waals surface area contributed by atoms with E-state index in [0.29, 0.717) is 6.61 Å². The Bertz CT molecular complexity index is 472. The van der Waals surface area contributed by atoms with Crippen LogP contribution in [-0.4, -0.2) is 39.8 Å². The summed E-state index contributed by atoms with van der Waals surface area (Å²) in [5, 5.41) is 6.66. The number of halogens is 1. The molecule has 110 valence electrons. The number of hydrogen-bond donors (Lipinski definition) is 2. The van der Waals surface area contributed by atoms with E-state index in [1.807, 2.05) is 0 Å². The molecule has 5 heteroatoms. The first-order chi connectivity index (χ1) is 9.72. The maximum Gasteiger partial charge on any atom is 0.191 e. The minimum absolute atomic E-state index is 0.249. The molecule has 0 atom stereocenters. The normalized spacial score (nSPS) is 16.9. The molecule has 0 amide bonds. The lowest BCUT2D eigenvalue weighted by Crippen LogP contribution is -2.42. The molecule has 0 radical (unpaired) electrons. The van der Waals surface area contributed by atoms with E-state index in [4.69, 9.17) is 4.74 Å². The highest BCUT2D eigenvalue weighted by Crippen LogP contribution is 2.49. The predicted octanol–water partition coefficient (Wildman–Crippen LogP) is 2.29. The van der Waals surface area contributed by atoms with Gasteiger partial charge in [-0.15, -0.1) is 0 Å². The van der Waals surface area contributed by atoms with Crippen LogP contribution in [-0.2, 0) is 10.2 Å². The van der Waals surface area contributed by atoms with Crippen LogP contribution in [0.25, 0.3) is 0 Å². The molecule has 2 N–H and O–H groups in total. The minimum atomic E-state index is 0.249. The van der Waals surface area contributed by atoms with Crippen LogP contribution < -0.4 is 10.6 Å². The Morgan fingerprint density at radius 1 is 1.35 bits per heavy atom. The fourth-order valence-electron chi connectivity index (χ4n) is 2.33. The smallest absolute Gasteiger partial charge is 0.191 e. The van der Waals surface area contributed by atoms with Gasteiger partial charge in [-0.3, -0.25) is 4.99 Å². The van der Waals surface area contributed by atoms with Crippen LogP contribution in [0.4, 0.5) is 0 Å². The number of nitrogens with zero attached hydrogens (tertiary/aromatic N) is 1. The lowest BCUT2D eigenvalue weighted by atomic mass is 9.96. The van der Waals surface area contributed by atoms with Crippen LogP contribution in [0.3, 0.4) is 0 Å². The first kappa shape index (κ1) is 15.3. The van der Waals surface area contributed by atoms with Crippen molar-refractivity contribution in [3.63, 3.8) is 0 Å². The maximum atomic E-state index is 5.03. The van der Waals surface area contributed by atoms with Crippen LogP contribution in [0.1, 0.15) is 18.4 Å².